The smallest absolute Gasteiger partial charge is 0.242 e. The number of amides is 1. The third kappa shape index (κ3) is 6.27. The predicted molar refractivity (Wildman–Crippen MR) is 120 cm³/mol. The molecule has 6 heteroatoms. The largest absolute Gasteiger partial charge is 0.307 e. The average Bonchev–Trinajstić information content (AvgIpc) is 2.67. The molecule has 0 aliphatic carbocycles. The Morgan fingerprint density at radius 2 is 1.55 bits per heavy atom. The molecule has 4 nitrogen and oxygen atoms in total. The van der Waals surface area contributed by atoms with Gasteiger partial charge in [0.1, 0.15) is 5.75 Å². The molecule has 0 radical (unpaired) electrons. The Kier molecular flexibility index (Phi) is 6.87. The normalized spacial score (nSPS) is 11.2. The van der Waals surface area contributed by atoms with Gasteiger partial charge in [-0.2, -0.15) is 0 Å². The van der Waals surface area contributed by atoms with Crippen molar-refractivity contribution in [1.29, 1.82) is 0 Å². The fourth-order valence-corrected chi connectivity index (χ4v) is 4.78. The maximum Gasteiger partial charge on any atom is 0.242 e. The minimum absolute atomic E-state index is 0.175. The molecule has 0 atom stereocenters. The van der Waals surface area contributed by atoms with E-state index < -0.39 is 21.5 Å². The summed E-state index contributed by atoms with van der Waals surface area (Å²) in [7, 11) is -3.62. The lowest BCUT2D eigenvalue weighted by molar-refractivity contribution is -0.116. The molecule has 0 aromatic heterocycles. The van der Waals surface area contributed by atoms with Crippen molar-refractivity contribution in [2.45, 2.75) is 19.2 Å². The lowest BCUT2D eigenvalue weighted by atomic mass is 10.1. The summed E-state index contributed by atoms with van der Waals surface area (Å²) in [6, 6.07) is 24.2. The molecule has 0 saturated heterocycles. The van der Waals surface area contributed by atoms with Crippen molar-refractivity contribution in [3.63, 3.8) is 0 Å². The number of rotatable bonds is 7. The fraction of sp³-hybridized carbons (Fsp3) is 0.174. The minimum Gasteiger partial charge on any atom is -0.307 e. The summed E-state index contributed by atoms with van der Waals surface area (Å²) in [6.07, 6.45) is 0. The highest BCUT2D eigenvalue weighted by Gasteiger charge is 2.24. The second kappa shape index (κ2) is 9.37. The van der Waals surface area contributed by atoms with Crippen LogP contribution in [0.3, 0.4) is 0 Å². The van der Waals surface area contributed by atoms with Crippen molar-refractivity contribution in [2.75, 3.05) is 10.7 Å². The van der Waals surface area contributed by atoms with Gasteiger partial charge in [0.15, 0.2) is 9.84 Å². The van der Waals surface area contributed by atoms with Crippen LogP contribution >= 0.6 is 15.9 Å². The van der Waals surface area contributed by atoms with Crippen molar-refractivity contribution in [3.05, 3.63) is 100 Å². The molecule has 0 N–H and O–H groups in total. The Morgan fingerprint density at radius 3 is 2.21 bits per heavy atom. The maximum absolute atomic E-state index is 13.0. The van der Waals surface area contributed by atoms with Crippen LogP contribution in [0.5, 0.6) is 0 Å². The van der Waals surface area contributed by atoms with Crippen LogP contribution in [0.2, 0.25) is 0 Å². The van der Waals surface area contributed by atoms with Gasteiger partial charge < -0.3 is 4.90 Å². The Labute approximate surface area is 180 Å². The number of anilines is 1. The molecular formula is C23H22BrNO3S. The Hall–Kier alpha value is -2.44. The highest BCUT2D eigenvalue weighted by molar-refractivity contribution is 9.10. The summed E-state index contributed by atoms with van der Waals surface area (Å²) in [5.41, 5.74) is 3.34. The monoisotopic (exact) mass is 471 g/mol. The van der Waals surface area contributed by atoms with Crippen molar-refractivity contribution in [2.24, 2.45) is 0 Å². The van der Waals surface area contributed by atoms with Gasteiger partial charge in [-0.1, -0.05) is 76.1 Å². The second-order valence-electron chi connectivity index (χ2n) is 6.96. The number of hydrogen-bond acceptors (Lipinski definition) is 3. The van der Waals surface area contributed by atoms with E-state index in [0.717, 1.165) is 15.6 Å². The zero-order chi connectivity index (χ0) is 20.9. The summed E-state index contributed by atoms with van der Waals surface area (Å²) in [6.45, 7) is 2.28. The van der Waals surface area contributed by atoms with E-state index in [1.54, 1.807) is 18.2 Å². The Bertz CT molecular complexity index is 1080. The zero-order valence-corrected chi connectivity index (χ0v) is 18.5. The topological polar surface area (TPSA) is 54.5 Å². The van der Waals surface area contributed by atoms with Gasteiger partial charge in [0.25, 0.3) is 0 Å². The number of aryl methyl sites for hydroxylation is 1. The molecule has 29 heavy (non-hydrogen) atoms. The van der Waals surface area contributed by atoms with E-state index in [1.165, 1.54) is 4.90 Å². The maximum atomic E-state index is 13.0. The highest BCUT2D eigenvalue weighted by Crippen LogP contribution is 2.20. The van der Waals surface area contributed by atoms with Gasteiger partial charge in [-0.05, 0) is 42.3 Å². The molecule has 0 unspecified atom stereocenters. The van der Waals surface area contributed by atoms with Crippen LogP contribution in [0.4, 0.5) is 5.69 Å². The molecule has 0 aliphatic heterocycles. The molecule has 0 aliphatic rings. The molecule has 150 valence electrons. The predicted octanol–water partition coefficient (Wildman–Crippen LogP) is 4.91. The number of sulfone groups is 1. The highest BCUT2D eigenvalue weighted by atomic mass is 79.9. The first kappa shape index (κ1) is 21.3. The molecular weight excluding hydrogens is 450 g/mol. The van der Waals surface area contributed by atoms with E-state index in [1.807, 2.05) is 67.6 Å². The summed E-state index contributed by atoms with van der Waals surface area (Å²) in [5, 5.41) is 0. The summed E-state index contributed by atoms with van der Waals surface area (Å²) in [4.78, 5) is 14.6. The number of carbonyl (C=O) groups is 1. The third-order valence-electron chi connectivity index (χ3n) is 4.45. The minimum atomic E-state index is -3.62. The molecule has 1 amide bonds. The lowest BCUT2D eigenvalue weighted by Crippen LogP contribution is -2.35. The average molecular weight is 472 g/mol. The number of benzene rings is 3. The second-order valence-corrected chi connectivity index (χ2v) is 9.94. The van der Waals surface area contributed by atoms with Crippen molar-refractivity contribution < 1.29 is 13.2 Å². The van der Waals surface area contributed by atoms with Crippen LogP contribution in [0.1, 0.15) is 16.7 Å². The van der Waals surface area contributed by atoms with E-state index in [-0.39, 0.29) is 5.75 Å². The van der Waals surface area contributed by atoms with Crippen molar-refractivity contribution in [3.8, 4) is 0 Å². The van der Waals surface area contributed by atoms with Crippen LogP contribution in [-0.2, 0) is 26.9 Å². The van der Waals surface area contributed by atoms with Crippen LogP contribution in [0.25, 0.3) is 0 Å². The van der Waals surface area contributed by atoms with E-state index >= 15 is 0 Å². The number of hydrogen-bond donors (Lipinski definition) is 0. The van der Waals surface area contributed by atoms with E-state index in [9.17, 15) is 13.2 Å². The van der Waals surface area contributed by atoms with Crippen LogP contribution < -0.4 is 4.90 Å². The Balaban J connectivity index is 1.82. The van der Waals surface area contributed by atoms with Gasteiger partial charge in [0.05, 0.1) is 12.3 Å². The summed E-state index contributed by atoms with van der Waals surface area (Å²) >= 11 is 3.35. The van der Waals surface area contributed by atoms with Gasteiger partial charge in [-0.3, -0.25) is 4.79 Å². The third-order valence-corrected chi connectivity index (χ3v) is 6.40. The number of nitrogens with zero attached hydrogens (tertiary/aromatic N) is 1. The standard InChI is InChI=1S/C23H22BrNO3S/c1-18-10-12-22(13-11-18)25(15-19-6-3-2-4-7-19)23(26)17-29(27,28)16-20-8-5-9-21(24)14-20/h2-14H,15-17H2,1H3. The molecule has 0 bridgehead atoms. The quantitative estimate of drug-likeness (QED) is 0.491. The molecule has 3 aromatic rings. The van der Waals surface area contributed by atoms with Gasteiger partial charge in [-0.25, -0.2) is 8.42 Å². The first-order valence-corrected chi connectivity index (χ1v) is 11.8. The SMILES string of the molecule is Cc1ccc(N(Cc2ccccc2)C(=O)CS(=O)(=O)Cc2cccc(Br)c2)cc1. The molecule has 0 heterocycles. The molecule has 0 spiro atoms. The van der Waals surface area contributed by atoms with E-state index in [2.05, 4.69) is 15.9 Å². The first-order valence-electron chi connectivity index (χ1n) is 9.18. The first-order chi connectivity index (χ1) is 13.8. The van der Waals surface area contributed by atoms with Gasteiger partial charge in [0.2, 0.25) is 5.91 Å². The molecule has 3 aromatic carbocycles. The van der Waals surface area contributed by atoms with Crippen molar-refractivity contribution in [1.82, 2.24) is 0 Å². The molecule has 3 rings (SSSR count). The van der Waals surface area contributed by atoms with Gasteiger partial charge in [-0.15, -0.1) is 0 Å². The van der Waals surface area contributed by atoms with Crippen LogP contribution in [0, 0.1) is 6.92 Å². The molecule has 0 fully saturated rings. The number of halogens is 1. The Morgan fingerprint density at radius 1 is 0.897 bits per heavy atom. The van der Waals surface area contributed by atoms with Crippen LogP contribution in [0.15, 0.2) is 83.3 Å². The number of carbonyl (C=O) groups excluding carboxylic acids is 1. The van der Waals surface area contributed by atoms with Crippen LogP contribution in [-0.4, -0.2) is 20.1 Å². The van der Waals surface area contributed by atoms with E-state index in [4.69, 9.17) is 0 Å². The summed E-state index contributed by atoms with van der Waals surface area (Å²) in [5.74, 6) is -1.15. The van der Waals surface area contributed by atoms with Gasteiger partial charge in [0, 0.05) is 10.2 Å². The van der Waals surface area contributed by atoms with E-state index in [0.29, 0.717) is 17.8 Å². The van der Waals surface area contributed by atoms with Gasteiger partial charge >= 0.3 is 0 Å². The lowest BCUT2D eigenvalue weighted by Gasteiger charge is -2.23. The fourth-order valence-electron chi connectivity index (χ4n) is 3.01. The summed E-state index contributed by atoms with van der Waals surface area (Å²) < 4.78 is 26.2. The zero-order valence-electron chi connectivity index (χ0n) is 16.1. The molecule has 0 saturated carbocycles. The van der Waals surface area contributed by atoms with Crippen molar-refractivity contribution >= 4 is 37.4 Å².